The summed E-state index contributed by atoms with van der Waals surface area (Å²) >= 11 is 0. The molecule has 0 aliphatic heterocycles. The van der Waals surface area contributed by atoms with Gasteiger partial charge in [0.25, 0.3) is 0 Å². The fourth-order valence-corrected chi connectivity index (χ4v) is 2.04. The summed E-state index contributed by atoms with van der Waals surface area (Å²) in [5.74, 6) is 0.292. The minimum Gasteiger partial charge on any atom is -0.386 e. The average Bonchev–Trinajstić information content (AvgIpc) is 2.22. The summed E-state index contributed by atoms with van der Waals surface area (Å²) in [6, 6.07) is 6.01. The van der Waals surface area contributed by atoms with Crippen LogP contribution in [0.5, 0.6) is 0 Å². The highest BCUT2D eigenvalue weighted by atomic mass is 16.5. The van der Waals surface area contributed by atoms with E-state index in [-0.39, 0.29) is 6.10 Å². The Labute approximate surface area is 98.3 Å². The summed E-state index contributed by atoms with van der Waals surface area (Å²) in [7, 11) is 1.65. The Kier molecular flexibility index (Phi) is 4.51. The van der Waals surface area contributed by atoms with E-state index in [0.29, 0.717) is 5.92 Å². The molecule has 2 nitrogen and oxygen atoms in total. The van der Waals surface area contributed by atoms with Gasteiger partial charge in [0.05, 0.1) is 6.10 Å². The Hall–Kier alpha value is -0.860. The first-order valence-corrected chi connectivity index (χ1v) is 5.76. The van der Waals surface area contributed by atoms with Crippen LogP contribution in [-0.2, 0) is 4.74 Å². The normalized spacial score (nSPS) is 15.2. The van der Waals surface area contributed by atoms with Crippen molar-refractivity contribution < 1.29 is 9.84 Å². The summed E-state index contributed by atoms with van der Waals surface area (Å²) in [5.41, 5.74) is 3.33. The van der Waals surface area contributed by atoms with E-state index in [9.17, 15) is 5.11 Å². The zero-order chi connectivity index (χ0) is 12.3. The maximum atomic E-state index is 10.3. The summed E-state index contributed by atoms with van der Waals surface area (Å²) in [6.45, 7) is 8.22. The predicted molar refractivity (Wildman–Crippen MR) is 66.5 cm³/mol. The summed E-state index contributed by atoms with van der Waals surface area (Å²) in [4.78, 5) is 0. The maximum Gasteiger partial charge on any atom is 0.106 e. The molecule has 0 radical (unpaired) electrons. The molecular weight excluding hydrogens is 200 g/mol. The molecule has 1 rings (SSSR count). The standard InChI is InChI=1S/C14H22O2/c1-9(2)14(16-5)13(15)12-8-6-7-10(3)11(12)4/h6-9,13-15H,1-5H3. The molecule has 90 valence electrons. The number of aryl methyl sites for hydroxylation is 1. The van der Waals surface area contributed by atoms with Crippen LogP contribution in [0.25, 0.3) is 0 Å². The van der Waals surface area contributed by atoms with E-state index in [2.05, 4.69) is 26.8 Å². The SMILES string of the molecule is COC(C(C)C)C(O)c1cccc(C)c1C. The molecule has 1 aromatic carbocycles. The van der Waals surface area contributed by atoms with Crippen molar-refractivity contribution in [2.24, 2.45) is 5.92 Å². The van der Waals surface area contributed by atoms with Crippen LogP contribution in [0.2, 0.25) is 0 Å². The van der Waals surface area contributed by atoms with Crippen LogP contribution in [-0.4, -0.2) is 18.3 Å². The molecule has 0 bridgehead atoms. The topological polar surface area (TPSA) is 29.5 Å². The molecule has 16 heavy (non-hydrogen) atoms. The van der Waals surface area contributed by atoms with Gasteiger partial charge in [0.2, 0.25) is 0 Å². The molecule has 2 atom stereocenters. The molecule has 2 heteroatoms. The second kappa shape index (κ2) is 5.46. The van der Waals surface area contributed by atoms with Crippen molar-refractivity contribution in [2.45, 2.75) is 39.9 Å². The van der Waals surface area contributed by atoms with Crippen molar-refractivity contribution in [3.63, 3.8) is 0 Å². The zero-order valence-corrected chi connectivity index (χ0v) is 10.8. The van der Waals surface area contributed by atoms with Gasteiger partial charge in [-0.05, 0) is 36.5 Å². The summed E-state index contributed by atoms with van der Waals surface area (Å²) in [5, 5.41) is 10.3. The van der Waals surface area contributed by atoms with Crippen molar-refractivity contribution in [3.8, 4) is 0 Å². The lowest BCUT2D eigenvalue weighted by Crippen LogP contribution is -2.27. The monoisotopic (exact) mass is 222 g/mol. The quantitative estimate of drug-likeness (QED) is 0.848. The van der Waals surface area contributed by atoms with E-state index in [1.165, 1.54) is 5.56 Å². The molecule has 1 N–H and O–H groups in total. The summed E-state index contributed by atoms with van der Waals surface area (Å²) in [6.07, 6.45) is -0.703. The number of aliphatic hydroxyl groups excluding tert-OH is 1. The molecule has 0 spiro atoms. The van der Waals surface area contributed by atoms with Gasteiger partial charge in [-0.1, -0.05) is 32.0 Å². The Morgan fingerprint density at radius 3 is 2.31 bits per heavy atom. The number of aliphatic hydroxyl groups is 1. The van der Waals surface area contributed by atoms with Crippen LogP contribution in [0.4, 0.5) is 0 Å². The van der Waals surface area contributed by atoms with Gasteiger partial charge in [0.15, 0.2) is 0 Å². The molecule has 1 aromatic rings. The smallest absolute Gasteiger partial charge is 0.106 e. The zero-order valence-electron chi connectivity index (χ0n) is 10.8. The molecule has 2 unspecified atom stereocenters. The Morgan fingerprint density at radius 1 is 1.19 bits per heavy atom. The molecule has 0 heterocycles. The fraction of sp³-hybridized carbons (Fsp3) is 0.571. The van der Waals surface area contributed by atoms with E-state index in [1.54, 1.807) is 7.11 Å². The van der Waals surface area contributed by atoms with Crippen molar-refractivity contribution >= 4 is 0 Å². The first kappa shape index (κ1) is 13.2. The lowest BCUT2D eigenvalue weighted by Gasteiger charge is -2.26. The van der Waals surface area contributed by atoms with Crippen LogP contribution in [0.3, 0.4) is 0 Å². The van der Waals surface area contributed by atoms with Crippen molar-refractivity contribution in [3.05, 3.63) is 34.9 Å². The van der Waals surface area contributed by atoms with Crippen LogP contribution in [0, 0.1) is 19.8 Å². The Bertz CT molecular complexity index is 345. The summed E-state index contributed by atoms with van der Waals surface area (Å²) < 4.78 is 5.37. The van der Waals surface area contributed by atoms with Crippen LogP contribution >= 0.6 is 0 Å². The third kappa shape index (κ3) is 2.63. The van der Waals surface area contributed by atoms with Gasteiger partial charge in [-0.15, -0.1) is 0 Å². The van der Waals surface area contributed by atoms with Crippen molar-refractivity contribution in [1.82, 2.24) is 0 Å². The van der Waals surface area contributed by atoms with Crippen LogP contribution < -0.4 is 0 Å². The largest absolute Gasteiger partial charge is 0.386 e. The molecule has 0 saturated carbocycles. The third-order valence-electron chi connectivity index (χ3n) is 3.21. The van der Waals surface area contributed by atoms with E-state index >= 15 is 0 Å². The maximum absolute atomic E-state index is 10.3. The number of rotatable bonds is 4. The highest BCUT2D eigenvalue weighted by Gasteiger charge is 2.25. The highest BCUT2D eigenvalue weighted by Crippen LogP contribution is 2.27. The van der Waals surface area contributed by atoms with Gasteiger partial charge in [0, 0.05) is 7.11 Å². The van der Waals surface area contributed by atoms with E-state index in [1.807, 2.05) is 19.1 Å². The fourth-order valence-electron chi connectivity index (χ4n) is 2.04. The highest BCUT2D eigenvalue weighted by molar-refractivity contribution is 5.35. The van der Waals surface area contributed by atoms with Gasteiger partial charge < -0.3 is 9.84 Å². The molecule has 0 aliphatic rings. The first-order valence-electron chi connectivity index (χ1n) is 5.76. The molecular formula is C14H22O2. The third-order valence-corrected chi connectivity index (χ3v) is 3.21. The molecule has 0 aromatic heterocycles. The molecule has 0 fully saturated rings. The number of hydrogen-bond donors (Lipinski definition) is 1. The predicted octanol–water partition coefficient (Wildman–Crippen LogP) is 3.01. The van der Waals surface area contributed by atoms with E-state index < -0.39 is 6.10 Å². The minimum absolute atomic E-state index is 0.152. The van der Waals surface area contributed by atoms with E-state index in [4.69, 9.17) is 4.74 Å². The van der Waals surface area contributed by atoms with Gasteiger partial charge in [0.1, 0.15) is 6.10 Å². The van der Waals surface area contributed by atoms with Gasteiger partial charge in [-0.25, -0.2) is 0 Å². The van der Waals surface area contributed by atoms with Gasteiger partial charge in [-0.3, -0.25) is 0 Å². The molecule has 0 saturated heterocycles. The van der Waals surface area contributed by atoms with Crippen molar-refractivity contribution in [1.29, 1.82) is 0 Å². The second-order valence-corrected chi connectivity index (χ2v) is 4.68. The van der Waals surface area contributed by atoms with Crippen LogP contribution in [0.15, 0.2) is 18.2 Å². The Balaban J connectivity index is 3.03. The van der Waals surface area contributed by atoms with Gasteiger partial charge >= 0.3 is 0 Å². The first-order chi connectivity index (χ1) is 7.49. The van der Waals surface area contributed by atoms with Crippen molar-refractivity contribution in [2.75, 3.05) is 7.11 Å². The van der Waals surface area contributed by atoms with Crippen LogP contribution in [0.1, 0.15) is 36.6 Å². The number of ether oxygens (including phenoxy) is 1. The lowest BCUT2D eigenvalue weighted by atomic mass is 9.91. The average molecular weight is 222 g/mol. The molecule has 0 amide bonds. The van der Waals surface area contributed by atoms with Gasteiger partial charge in [-0.2, -0.15) is 0 Å². The number of benzene rings is 1. The number of hydrogen-bond acceptors (Lipinski definition) is 2. The van der Waals surface area contributed by atoms with E-state index in [0.717, 1.165) is 11.1 Å². The second-order valence-electron chi connectivity index (χ2n) is 4.68. The minimum atomic E-state index is -0.551. The molecule has 0 aliphatic carbocycles. The number of methoxy groups -OCH3 is 1. The lowest BCUT2D eigenvalue weighted by molar-refractivity contribution is -0.0393. The Morgan fingerprint density at radius 2 is 1.81 bits per heavy atom.